The van der Waals surface area contributed by atoms with Gasteiger partial charge in [0.25, 0.3) is 11.8 Å². The van der Waals surface area contributed by atoms with Crippen LogP contribution in [-0.2, 0) is 4.74 Å². The fourth-order valence-electron chi connectivity index (χ4n) is 3.72. The number of hydrogen-bond donors (Lipinski definition) is 1. The number of benzene rings is 1. The number of thiophene rings is 1. The van der Waals surface area contributed by atoms with E-state index in [0.717, 1.165) is 49.5 Å². The first kappa shape index (κ1) is 23.1. The zero-order valence-electron chi connectivity index (χ0n) is 18.3. The van der Waals surface area contributed by atoms with Gasteiger partial charge >= 0.3 is 0 Å². The minimum absolute atomic E-state index is 0.0890. The Morgan fingerprint density at radius 3 is 2.85 bits per heavy atom. The second-order valence-corrected chi connectivity index (χ2v) is 10.4. The van der Waals surface area contributed by atoms with Crippen LogP contribution in [0, 0.1) is 0 Å². The molecule has 0 unspecified atom stereocenters. The molecule has 8 nitrogen and oxygen atoms in total. The van der Waals surface area contributed by atoms with Gasteiger partial charge in [-0.3, -0.25) is 19.4 Å². The molecule has 0 aliphatic carbocycles. The number of hydrogen-bond acceptors (Lipinski definition) is 9. The van der Waals surface area contributed by atoms with Crippen LogP contribution in [0.5, 0.6) is 0 Å². The van der Waals surface area contributed by atoms with Crippen molar-refractivity contribution in [2.75, 3.05) is 49.6 Å². The molecule has 5 rings (SSSR count). The summed E-state index contributed by atoms with van der Waals surface area (Å²) in [6.45, 7) is 4.74. The van der Waals surface area contributed by atoms with Gasteiger partial charge in [0.1, 0.15) is 5.69 Å². The Morgan fingerprint density at radius 1 is 1.15 bits per heavy atom. The molecule has 2 amide bonds. The van der Waals surface area contributed by atoms with Gasteiger partial charge in [-0.15, -0.1) is 34.0 Å². The van der Waals surface area contributed by atoms with Crippen molar-refractivity contribution < 1.29 is 14.3 Å². The Morgan fingerprint density at radius 2 is 2.03 bits per heavy atom. The minimum Gasteiger partial charge on any atom is -0.379 e. The number of thiazole rings is 2. The van der Waals surface area contributed by atoms with E-state index in [1.165, 1.54) is 34.0 Å². The number of carbonyl (C=O) groups excluding carboxylic acids is 2. The van der Waals surface area contributed by atoms with Crippen LogP contribution in [0.2, 0.25) is 0 Å². The molecule has 0 bridgehead atoms. The van der Waals surface area contributed by atoms with Gasteiger partial charge in [0.15, 0.2) is 5.13 Å². The number of aromatic nitrogens is 2. The molecule has 0 saturated carbocycles. The highest BCUT2D eigenvalue weighted by Crippen LogP contribution is 2.26. The molecule has 1 N–H and O–H groups in total. The Labute approximate surface area is 208 Å². The molecule has 1 fully saturated rings. The Bertz CT molecular complexity index is 1260. The lowest BCUT2D eigenvalue weighted by Gasteiger charge is -2.27. The lowest BCUT2D eigenvalue weighted by molar-refractivity contribution is 0.0376. The molecule has 0 spiro atoms. The summed E-state index contributed by atoms with van der Waals surface area (Å²) < 4.78 is 6.42. The summed E-state index contributed by atoms with van der Waals surface area (Å²) in [5, 5.41) is 7.02. The summed E-state index contributed by atoms with van der Waals surface area (Å²) in [6.07, 6.45) is 0.813. The van der Waals surface area contributed by atoms with Crippen molar-refractivity contribution in [2.24, 2.45) is 0 Å². The van der Waals surface area contributed by atoms with E-state index >= 15 is 0 Å². The van der Waals surface area contributed by atoms with E-state index in [-0.39, 0.29) is 11.8 Å². The summed E-state index contributed by atoms with van der Waals surface area (Å²) in [5.74, 6) is -0.392. The van der Waals surface area contributed by atoms with Crippen LogP contribution in [0.25, 0.3) is 10.2 Å². The lowest BCUT2D eigenvalue weighted by Crippen LogP contribution is -2.39. The molecule has 1 aliphatic heterocycles. The smallest absolute Gasteiger partial charge is 0.275 e. The van der Waals surface area contributed by atoms with E-state index in [0.29, 0.717) is 27.9 Å². The molecule has 0 radical (unpaired) electrons. The first-order valence-electron chi connectivity index (χ1n) is 10.9. The molecule has 1 aromatic carbocycles. The standard InChI is InChI=1S/C23H23N5O3S3/c29-21(25-16-4-5-17-20(13-16)34-15-24-17)18-14-33-23(26-18)28(22(30)19-3-1-12-32-19)7-2-6-27-8-10-31-11-9-27/h1,3-5,12-15H,2,6-11H2,(H,25,29). The molecule has 0 atom stereocenters. The predicted molar refractivity (Wildman–Crippen MR) is 138 cm³/mol. The van der Waals surface area contributed by atoms with E-state index in [9.17, 15) is 9.59 Å². The molecule has 11 heteroatoms. The van der Waals surface area contributed by atoms with Crippen molar-refractivity contribution in [3.8, 4) is 0 Å². The number of carbonyl (C=O) groups is 2. The number of nitrogens with one attached hydrogen (secondary N) is 1. The summed E-state index contributed by atoms with van der Waals surface area (Å²) in [6, 6.07) is 9.29. The topological polar surface area (TPSA) is 87.7 Å². The zero-order valence-corrected chi connectivity index (χ0v) is 20.8. The molecule has 4 heterocycles. The summed E-state index contributed by atoms with van der Waals surface area (Å²) in [7, 11) is 0. The van der Waals surface area contributed by atoms with Crippen molar-refractivity contribution in [3.05, 3.63) is 57.2 Å². The van der Waals surface area contributed by atoms with E-state index in [4.69, 9.17) is 4.74 Å². The van der Waals surface area contributed by atoms with Crippen molar-refractivity contribution in [1.29, 1.82) is 0 Å². The molecule has 34 heavy (non-hydrogen) atoms. The zero-order chi connectivity index (χ0) is 23.3. The SMILES string of the molecule is O=C(Nc1ccc2ncsc2c1)c1csc(N(CCCN2CCOCC2)C(=O)c2cccs2)n1. The maximum absolute atomic E-state index is 13.2. The fourth-order valence-corrected chi connectivity index (χ4v) is 5.93. The van der Waals surface area contributed by atoms with Crippen LogP contribution < -0.4 is 10.2 Å². The average molecular weight is 514 g/mol. The normalized spacial score (nSPS) is 14.4. The third-order valence-electron chi connectivity index (χ3n) is 5.48. The Hall–Kier alpha value is -2.70. The maximum atomic E-state index is 13.2. The highest BCUT2D eigenvalue weighted by atomic mass is 32.1. The van der Waals surface area contributed by atoms with Gasteiger partial charge < -0.3 is 10.1 Å². The highest BCUT2D eigenvalue weighted by Gasteiger charge is 2.23. The van der Waals surface area contributed by atoms with E-state index in [1.807, 2.05) is 35.7 Å². The Balaban J connectivity index is 1.29. The van der Waals surface area contributed by atoms with Crippen LogP contribution in [0.3, 0.4) is 0 Å². The van der Waals surface area contributed by atoms with Crippen LogP contribution in [0.4, 0.5) is 10.8 Å². The van der Waals surface area contributed by atoms with Crippen molar-refractivity contribution in [2.45, 2.75) is 6.42 Å². The summed E-state index contributed by atoms with van der Waals surface area (Å²) in [5.41, 5.74) is 3.66. The third kappa shape index (κ3) is 5.34. The molecular weight excluding hydrogens is 490 g/mol. The van der Waals surface area contributed by atoms with Crippen LogP contribution in [0.15, 0.2) is 46.6 Å². The molecule has 4 aromatic rings. The average Bonchev–Trinajstić information content (AvgIpc) is 3.63. The van der Waals surface area contributed by atoms with Crippen LogP contribution >= 0.6 is 34.0 Å². The summed E-state index contributed by atoms with van der Waals surface area (Å²) in [4.78, 5) is 39.5. The highest BCUT2D eigenvalue weighted by molar-refractivity contribution is 7.16. The van der Waals surface area contributed by atoms with Crippen molar-refractivity contribution in [1.82, 2.24) is 14.9 Å². The lowest BCUT2D eigenvalue weighted by atomic mass is 10.3. The minimum atomic E-state index is -0.303. The number of nitrogens with zero attached hydrogens (tertiary/aromatic N) is 4. The second kappa shape index (κ2) is 10.7. The predicted octanol–water partition coefficient (Wildman–Crippen LogP) is 4.44. The monoisotopic (exact) mass is 513 g/mol. The fraction of sp³-hybridized carbons (Fsp3) is 0.304. The largest absolute Gasteiger partial charge is 0.379 e. The number of rotatable bonds is 8. The number of morpholine rings is 1. The van der Waals surface area contributed by atoms with Gasteiger partial charge in [-0.1, -0.05) is 6.07 Å². The van der Waals surface area contributed by atoms with E-state index < -0.39 is 0 Å². The van der Waals surface area contributed by atoms with Crippen molar-refractivity contribution >= 4 is 66.9 Å². The number of fused-ring (bicyclic) bond motifs is 1. The molecule has 1 aliphatic rings. The number of ether oxygens (including phenoxy) is 1. The van der Waals surface area contributed by atoms with Gasteiger partial charge in [-0.05, 0) is 36.1 Å². The van der Waals surface area contributed by atoms with Gasteiger partial charge in [-0.25, -0.2) is 9.97 Å². The number of anilines is 2. The second-order valence-electron chi connectivity index (χ2n) is 7.75. The molecule has 176 valence electrons. The van der Waals surface area contributed by atoms with Gasteiger partial charge in [-0.2, -0.15) is 0 Å². The van der Waals surface area contributed by atoms with Gasteiger partial charge in [0, 0.05) is 37.2 Å². The molecule has 1 saturated heterocycles. The van der Waals surface area contributed by atoms with Crippen LogP contribution in [-0.4, -0.2) is 66.1 Å². The van der Waals surface area contributed by atoms with E-state index in [2.05, 4.69) is 20.2 Å². The van der Waals surface area contributed by atoms with Crippen LogP contribution in [0.1, 0.15) is 26.6 Å². The number of amides is 2. The van der Waals surface area contributed by atoms with Gasteiger partial charge in [0.2, 0.25) is 0 Å². The molecular formula is C23H23N5O3S3. The first-order chi connectivity index (χ1) is 16.7. The quantitative estimate of drug-likeness (QED) is 0.375. The third-order valence-corrected chi connectivity index (χ3v) is 7.99. The van der Waals surface area contributed by atoms with E-state index in [1.54, 1.807) is 15.8 Å². The maximum Gasteiger partial charge on any atom is 0.275 e. The van der Waals surface area contributed by atoms with Crippen molar-refractivity contribution in [3.63, 3.8) is 0 Å². The summed E-state index contributed by atoms with van der Waals surface area (Å²) >= 11 is 4.24. The molecule has 3 aromatic heterocycles. The Kier molecular flexibility index (Phi) is 7.26. The van der Waals surface area contributed by atoms with Gasteiger partial charge in [0.05, 0.1) is 33.8 Å². The first-order valence-corrected chi connectivity index (χ1v) is 13.6.